The van der Waals surface area contributed by atoms with Gasteiger partial charge in [0.05, 0.1) is 11.9 Å². The van der Waals surface area contributed by atoms with Crippen LogP contribution in [0.5, 0.6) is 0 Å². The third-order valence-corrected chi connectivity index (χ3v) is 1.69. The molecule has 0 aromatic carbocycles. The number of alkyl halides is 2. The van der Waals surface area contributed by atoms with Gasteiger partial charge in [0.15, 0.2) is 0 Å². The predicted octanol–water partition coefficient (Wildman–Crippen LogP) is 2.95. The van der Waals surface area contributed by atoms with Gasteiger partial charge in [0.1, 0.15) is 0 Å². The molecule has 0 fully saturated rings. The fourth-order valence-corrected chi connectivity index (χ4v) is 0.874. The number of carbonyl (C=O) groups excluding carboxylic acids is 1. The molecule has 0 aromatic rings. The molecule has 4 nitrogen and oxygen atoms in total. The summed E-state index contributed by atoms with van der Waals surface area (Å²) in [5, 5.41) is 7.19. The molecule has 0 heterocycles. The zero-order valence-electron chi connectivity index (χ0n) is 12.5. The maximum atomic E-state index is 9.82. The Balaban J connectivity index is -0.0000000811. The van der Waals surface area contributed by atoms with Gasteiger partial charge in [0.25, 0.3) is 0 Å². The van der Waals surface area contributed by atoms with E-state index in [-0.39, 0.29) is 11.3 Å². The molecule has 0 saturated carbocycles. The van der Waals surface area contributed by atoms with Crippen LogP contribution < -0.4 is 0 Å². The molecule has 0 aliphatic rings. The highest BCUT2D eigenvalue weighted by molar-refractivity contribution is 6.40. The maximum Gasteiger partial charge on any atom is 0.302 e. The highest BCUT2D eigenvalue weighted by atomic mass is 35.5. The molecular formula is C12H29Cl2NO3. The Morgan fingerprint density at radius 3 is 1.33 bits per heavy atom. The smallest absolute Gasteiger partial charge is 0.302 e. The molecule has 0 amide bonds. The SMILES string of the molecule is CCN(CC)CC.CCOC(C)=O.CO.ClCCl. The van der Waals surface area contributed by atoms with Gasteiger partial charge in [-0.3, -0.25) is 4.79 Å². The molecule has 0 radical (unpaired) electrons. The van der Waals surface area contributed by atoms with Gasteiger partial charge in [-0.05, 0) is 26.6 Å². The minimum Gasteiger partial charge on any atom is -0.466 e. The second-order valence-electron chi connectivity index (χ2n) is 2.65. The van der Waals surface area contributed by atoms with Crippen molar-refractivity contribution in [3.63, 3.8) is 0 Å². The van der Waals surface area contributed by atoms with Crippen molar-refractivity contribution in [3.05, 3.63) is 0 Å². The monoisotopic (exact) mass is 305 g/mol. The summed E-state index contributed by atoms with van der Waals surface area (Å²) in [6.07, 6.45) is 0. The molecule has 0 rings (SSSR count). The number of rotatable bonds is 4. The molecule has 0 saturated heterocycles. The summed E-state index contributed by atoms with van der Waals surface area (Å²) < 4.78 is 4.40. The van der Waals surface area contributed by atoms with Crippen molar-refractivity contribution in [2.45, 2.75) is 34.6 Å². The molecule has 0 bridgehead atoms. The van der Waals surface area contributed by atoms with Crippen molar-refractivity contribution < 1.29 is 14.6 Å². The Morgan fingerprint density at radius 1 is 1.06 bits per heavy atom. The molecule has 0 aliphatic heterocycles. The molecular weight excluding hydrogens is 277 g/mol. The zero-order chi connectivity index (χ0) is 15.4. The first kappa shape index (κ1) is 26.5. The Kier molecular flexibility index (Phi) is 44.5. The summed E-state index contributed by atoms with van der Waals surface area (Å²) in [6.45, 7) is 13.8. The zero-order valence-corrected chi connectivity index (χ0v) is 14.0. The van der Waals surface area contributed by atoms with Gasteiger partial charge in [-0.15, -0.1) is 23.2 Å². The second-order valence-corrected chi connectivity index (χ2v) is 3.45. The number of aliphatic hydroxyl groups is 1. The fourth-order valence-electron chi connectivity index (χ4n) is 0.874. The standard InChI is InChI=1S/C6H15N.C4H8O2.CH2Cl2.CH4O/c1-4-7(5-2)6-3;1-3-6-4(2)5;2-1-3;1-2/h4-6H2,1-3H3;3H2,1-2H3;1H2;2H,1H3. The lowest BCUT2D eigenvalue weighted by Gasteiger charge is -2.13. The minimum atomic E-state index is -0.211. The summed E-state index contributed by atoms with van der Waals surface area (Å²) >= 11 is 9.53. The van der Waals surface area contributed by atoms with Crippen molar-refractivity contribution in [1.29, 1.82) is 0 Å². The van der Waals surface area contributed by atoms with E-state index in [2.05, 4.69) is 30.4 Å². The van der Waals surface area contributed by atoms with Gasteiger partial charge in [0, 0.05) is 14.0 Å². The molecule has 0 aromatic heterocycles. The van der Waals surface area contributed by atoms with Crippen LogP contribution in [0, 0.1) is 0 Å². The van der Waals surface area contributed by atoms with E-state index in [4.69, 9.17) is 28.3 Å². The Morgan fingerprint density at radius 2 is 1.33 bits per heavy atom. The molecule has 18 heavy (non-hydrogen) atoms. The van der Waals surface area contributed by atoms with Crippen molar-refractivity contribution in [2.24, 2.45) is 0 Å². The van der Waals surface area contributed by atoms with Crippen LogP contribution in [0.4, 0.5) is 0 Å². The second kappa shape index (κ2) is 30.2. The predicted molar refractivity (Wildman–Crippen MR) is 80.5 cm³/mol. The van der Waals surface area contributed by atoms with Crippen LogP contribution in [-0.4, -0.2) is 54.7 Å². The molecule has 0 spiro atoms. The van der Waals surface area contributed by atoms with Crippen LogP contribution in [0.1, 0.15) is 34.6 Å². The third-order valence-electron chi connectivity index (χ3n) is 1.69. The van der Waals surface area contributed by atoms with E-state index < -0.39 is 0 Å². The van der Waals surface area contributed by atoms with Crippen molar-refractivity contribution in [2.75, 3.05) is 38.7 Å². The first-order chi connectivity index (χ1) is 8.53. The number of halogens is 2. The van der Waals surface area contributed by atoms with Gasteiger partial charge >= 0.3 is 5.97 Å². The Hall–Kier alpha value is -0.0300. The van der Waals surface area contributed by atoms with Crippen LogP contribution >= 0.6 is 23.2 Å². The lowest BCUT2D eigenvalue weighted by atomic mass is 10.5. The maximum absolute atomic E-state index is 9.82. The quantitative estimate of drug-likeness (QED) is 0.641. The number of carbonyl (C=O) groups is 1. The van der Waals surface area contributed by atoms with Crippen LogP contribution in [-0.2, 0) is 9.53 Å². The summed E-state index contributed by atoms with van der Waals surface area (Å²) in [5.74, 6) is -0.211. The summed E-state index contributed by atoms with van der Waals surface area (Å²) in [5.41, 5.74) is 0. The van der Waals surface area contributed by atoms with E-state index in [1.807, 2.05) is 0 Å². The van der Waals surface area contributed by atoms with E-state index >= 15 is 0 Å². The average Bonchev–Trinajstić information content (AvgIpc) is 2.35. The summed E-state index contributed by atoms with van der Waals surface area (Å²) in [6, 6.07) is 0. The first-order valence-electron chi connectivity index (χ1n) is 5.96. The molecule has 1 N–H and O–H groups in total. The number of esters is 1. The van der Waals surface area contributed by atoms with E-state index in [9.17, 15) is 4.79 Å². The Bertz CT molecular complexity index is 129. The lowest BCUT2D eigenvalue weighted by molar-refractivity contribution is -0.140. The number of nitrogens with zero attached hydrogens (tertiary/aromatic N) is 1. The minimum absolute atomic E-state index is 0.194. The average molecular weight is 306 g/mol. The molecule has 0 aliphatic carbocycles. The van der Waals surface area contributed by atoms with E-state index in [0.717, 1.165) is 7.11 Å². The largest absolute Gasteiger partial charge is 0.466 e. The molecule has 114 valence electrons. The van der Waals surface area contributed by atoms with Crippen molar-refractivity contribution >= 4 is 29.2 Å². The normalized spacial score (nSPS) is 7.89. The summed E-state index contributed by atoms with van der Waals surface area (Å²) in [4.78, 5) is 12.2. The van der Waals surface area contributed by atoms with Gasteiger partial charge in [0.2, 0.25) is 0 Å². The number of aliphatic hydroxyl groups excluding tert-OH is 1. The van der Waals surface area contributed by atoms with Gasteiger partial charge in [-0.1, -0.05) is 20.8 Å². The first-order valence-corrected chi connectivity index (χ1v) is 7.02. The van der Waals surface area contributed by atoms with E-state index in [1.165, 1.54) is 26.6 Å². The molecule has 0 unspecified atom stereocenters. The van der Waals surface area contributed by atoms with Crippen LogP contribution in [0.15, 0.2) is 0 Å². The van der Waals surface area contributed by atoms with E-state index in [1.54, 1.807) is 6.92 Å². The van der Waals surface area contributed by atoms with E-state index in [0.29, 0.717) is 6.61 Å². The number of hydrogen-bond donors (Lipinski definition) is 1. The van der Waals surface area contributed by atoms with Crippen LogP contribution in [0.25, 0.3) is 0 Å². The number of hydrogen-bond acceptors (Lipinski definition) is 4. The molecule has 0 atom stereocenters. The van der Waals surface area contributed by atoms with Crippen LogP contribution in [0.2, 0.25) is 0 Å². The lowest BCUT2D eigenvalue weighted by Crippen LogP contribution is -2.21. The molecule has 6 heteroatoms. The van der Waals surface area contributed by atoms with Crippen molar-refractivity contribution in [3.8, 4) is 0 Å². The third kappa shape index (κ3) is 44.5. The highest BCUT2D eigenvalue weighted by Gasteiger charge is 1.89. The topological polar surface area (TPSA) is 49.8 Å². The number of ether oxygens (including phenoxy) is 1. The summed E-state index contributed by atoms with van der Waals surface area (Å²) in [7, 11) is 1.00. The fraction of sp³-hybridized carbons (Fsp3) is 0.917. The van der Waals surface area contributed by atoms with Gasteiger partial charge < -0.3 is 14.7 Å². The van der Waals surface area contributed by atoms with Crippen molar-refractivity contribution in [1.82, 2.24) is 4.90 Å². The van der Waals surface area contributed by atoms with Gasteiger partial charge in [-0.2, -0.15) is 0 Å². The Labute approximate surface area is 122 Å². The van der Waals surface area contributed by atoms with Crippen LogP contribution in [0.3, 0.4) is 0 Å². The van der Waals surface area contributed by atoms with Gasteiger partial charge in [-0.25, -0.2) is 0 Å². The highest BCUT2D eigenvalue weighted by Crippen LogP contribution is 1.81.